The summed E-state index contributed by atoms with van der Waals surface area (Å²) in [5, 5.41) is 21.8. The van der Waals surface area contributed by atoms with Crippen molar-refractivity contribution in [3.05, 3.63) is 12.2 Å². The van der Waals surface area contributed by atoms with Gasteiger partial charge in [-0.2, -0.15) is 0 Å². The van der Waals surface area contributed by atoms with E-state index in [-0.39, 0.29) is 16.9 Å². The van der Waals surface area contributed by atoms with Gasteiger partial charge in [0, 0.05) is 6.61 Å². The lowest BCUT2D eigenvalue weighted by Gasteiger charge is -2.80. The standard InChI is InChI=1S/C31H50O2/c1-20(2)21-9-12-30(19-32)16-13-26(3)22(25(21)30)7-8-23-27(26,4)14-17-31-18-15-29(31,6)24(33)10-11-28(23,31)5/h21-25,32-33H,1,7-19H2,2-6H3/t21-,22+,23-,24-,25+,26+,27+,28+,29+,30+,31-/m0/s1. The highest BCUT2D eigenvalue weighted by atomic mass is 16.3. The fourth-order valence-electron chi connectivity index (χ4n) is 12.8. The lowest BCUT2D eigenvalue weighted by atomic mass is 9.25. The quantitative estimate of drug-likeness (QED) is 0.435. The van der Waals surface area contributed by atoms with Crippen LogP contribution in [0.1, 0.15) is 112 Å². The summed E-state index contributed by atoms with van der Waals surface area (Å²) in [6.45, 7) is 17.6. The van der Waals surface area contributed by atoms with Crippen molar-refractivity contribution in [3.63, 3.8) is 0 Å². The maximum atomic E-state index is 11.1. The van der Waals surface area contributed by atoms with Gasteiger partial charge in [0.1, 0.15) is 0 Å². The largest absolute Gasteiger partial charge is 0.396 e. The molecule has 6 saturated carbocycles. The summed E-state index contributed by atoms with van der Waals surface area (Å²) < 4.78 is 0. The van der Waals surface area contributed by atoms with Gasteiger partial charge in [-0.3, -0.25) is 0 Å². The lowest BCUT2D eigenvalue weighted by Crippen LogP contribution is -2.74. The van der Waals surface area contributed by atoms with E-state index in [1.54, 1.807) is 0 Å². The average Bonchev–Trinajstić information content (AvgIpc) is 3.17. The summed E-state index contributed by atoms with van der Waals surface area (Å²) in [7, 11) is 0. The Labute approximate surface area is 203 Å². The maximum Gasteiger partial charge on any atom is 0.0599 e. The van der Waals surface area contributed by atoms with E-state index in [0.29, 0.717) is 40.1 Å². The van der Waals surface area contributed by atoms with E-state index in [0.717, 1.165) is 18.3 Å². The molecule has 0 unspecified atom stereocenters. The van der Waals surface area contributed by atoms with Crippen molar-refractivity contribution in [3.8, 4) is 0 Å². The third-order valence-electron chi connectivity index (χ3n) is 15.0. The Balaban J connectivity index is 1.42. The van der Waals surface area contributed by atoms with Crippen molar-refractivity contribution in [1.82, 2.24) is 0 Å². The number of allylic oxidation sites excluding steroid dienone is 1. The first-order valence-corrected chi connectivity index (χ1v) is 14.4. The minimum atomic E-state index is -0.0923. The van der Waals surface area contributed by atoms with Crippen molar-refractivity contribution in [2.75, 3.05) is 6.61 Å². The smallest absolute Gasteiger partial charge is 0.0599 e. The molecular formula is C31H50O2. The molecule has 1 spiro atoms. The Hall–Kier alpha value is -0.340. The normalized spacial score (nSPS) is 61.6. The third kappa shape index (κ3) is 2.32. The van der Waals surface area contributed by atoms with Crippen molar-refractivity contribution in [1.29, 1.82) is 0 Å². The molecule has 0 saturated heterocycles. The number of hydrogen-bond acceptors (Lipinski definition) is 2. The third-order valence-corrected chi connectivity index (χ3v) is 15.0. The van der Waals surface area contributed by atoms with Crippen molar-refractivity contribution in [2.24, 2.45) is 56.2 Å². The van der Waals surface area contributed by atoms with E-state index in [1.807, 2.05) is 0 Å². The Morgan fingerprint density at radius 1 is 0.758 bits per heavy atom. The molecule has 2 heteroatoms. The molecule has 2 nitrogen and oxygen atoms in total. The van der Waals surface area contributed by atoms with E-state index in [1.165, 1.54) is 76.2 Å². The van der Waals surface area contributed by atoms with Crippen LogP contribution in [-0.4, -0.2) is 22.9 Å². The predicted octanol–water partition coefficient (Wildman–Crippen LogP) is 7.14. The van der Waals surface area contributed by atoms with E-state index < -0.39 is 0 Å². The number of hydrogen-bond donors (Lipinski definition) is 2. The molecule has 6 rings (SSSR count). The molecule has 0 heterocycles. The summed E-state index contributed by atoms with van der Waals surface area (Å²) in [5.41, 5.74) is 3.13. The zero-order chi connectivity index (χ0) is 23.7. The summed E-state index contributed by atoms with van der Waals surface area (Å²) >= 11 is 0. The number of aliphatic hydroxyl groups excluding tert-OH is 2. The molecule has 0 aliphatic heterocycles. The van der Waals surface area contributed by atoms with Gasteiger partial charge in [0.2, 0.25) is 0 Å². The molecule has 0 amide bonds. The van der Waals surface area contributed by atoms with Gasteiger partial charge in [-0.1, -0.05) is 39.8 Å². The van der Waals surface area contributed by atoms with E-state index in [2.05, 4.69) is 41.2 Å². The zero-order valence-electron chi connectivity index (χ0n) is 22.2. The minimum absolute atomic E-state index is 0.0923. The molecule has 11 atom stereocenters. The molecule has 0 aromatic rings. The van der Waals surface area contributed by atoms with E-state index >= 15 is 0 Å². The van der Waals surface area contributed by atoms with Gasteiger partial charge in [0.15, 0.2) is 0 Å². The number of fused-ring (bicyclic) bond motifs is 6. The molecule has 186 valence electrons. The van der Waals surface area contributed by atoms with Crippen LogP contribution in [0.3, 0.4) is 0 Å². The second-order valence-electron chi connectivity index (χ2n) is 15.1. The molecule has 0 radical (unpaired) electrons. The molecule has 6 fully saturated rings. The van der Waals surface area contributed by atoms with Gasteiger partial charge in [-0.15, -0.1) is 0 Å². The van der Waals surface area contributed by atoms with Gasteiger partial charge in [-0.05, 0) is 140 Å². The van der Waals surface area contributed by atoms with Crippen LogP contribution >= 0.6 is 0 Å². The maximum absolute atomic E-state index is 11.1. The lowest BCUT2D eigenvalue weighted by molar-refractivity contribution is -0.324. The fourth-order valence-corrected chi connectivity index (χ4v) is 12.8. The van der Waals surface area contributed by atoms with Crippen LogP contribution in [0.5, 0.6) is 0 Å². The molecule has 0 aromatic carbocycles. The van der Waals surface area contributed by atoms with E-state index in [4.69, 9.17) is 0 Å². The number of aliphatic hydroxyl groups is 2. The van der Waals surface area contributed by atoms with Crippen LogP contribution in [-0.2, 0) is 0 Å². The average molecular weight is 455 g/mol. The fraction of sp³-hybridized carbons (Fsp3) is 0.935. The SMILES string of the molecule is C=C(C)[C@@H]1CC[C@]2(CO)CC[C@]3(C)[C@H](CC[C@@H]4[C@@]5(C)CC[C@H](O)[C@@]6(C)CC[C@@]56CC[C@]43C)[C@@H]12. The monoisotopic (exact) mass is 454 g/mol. The number of rotatable bonds is 2. The van der Waals surface area contributed by atoms with Crippen molar-refractivity contribution >= 4 is 0 Å². The van der Waals surface area contributed by atoms with Gasteiger partial charge in [0.05, 0.1) is 6.10 Å². The summed E-state index contributed by atoms with van der Waals surface area (Å²) in [6.07, 6.45) is 15.1. The Morgan fingerprint density at radius 3 is 2.06 bits per heavy atom. The van der Waals surface area contributed by atoms with Crippen molar-refractivity contribution < 1.29 is 10.2 Å². The van der Waals surface area contributed by atoms with Crippen LogP contribution < -0.4 is 0 Å². The summed E-state index contributed by atoms with van der Waals surface area (Å²) in [5.74, 6) is 2.73. The molecule has 6 aliphatic rings. The minimum Gasteiger partial charge on any atom is -0.396 e. The first-order valence-electron chi connectivity index (χ1n) is 14.4. The highest BCUT2D eigenvalue weighted by Gasteiger charge is 2.77. The van der Waals surface area contributed by atoms with Gasteiger partial charge in [0.25, 0.3) is 0 Å². The molecule has 6 aliphatic carbocycles. The molecular weight excluding hydrogens is 404 g/mol. The molecule has 2 N–H and O–H groups in total. The second-order valence-corrected chi connectivity index (χ2v) is 15.1. The van der Waals surface area contributed by atoms with Gasteiger partial charge < -0.3 is 10.2 Å². The van der Waals surface area contributed by atoms with Crippen molar-refractivity contribution in [2.45, 2.75) is 118 Å². The summed E-state index contributed by atoms with van der Waals surface area (Å²) in [6, 6.07) is 0. The van der Waals surface area contributed by atoms with Crippen LogP contribution in [0.25, 0.3) is 0 Å². The Morgan fingerprint density at radius 2 is 1.42 bits per heavy atom. The Bertz CT molecular complexity index is 865. The van der Waals surface area contributed by atoms with Gasteiger partial charge >= 0.3 is 0 Å². The van der Waals surface area contributed by atoms with Crippen LogP contribution in [0.4, 0.5) is 0 Å². The van der Waals surface area contributed by atoms with Crippen LogP contribution in [0.15, 0.2) is 12.2 Å². The van der Waals surface area contributed by atoms with Crippen LogP contribution in [0.2, 0.25) is 0 Å². The molecule has 33 heavy (non-hydrogen) atoms. The van der Waals surface area contributed by atoms with Gasteiger partial charge in [-0.25, -0.2) is 0 Å². The van der Waals surface area contributed by atoms with Crippen LogP contribution in [0, 0.1) is 56.2 Å². The highest BCUT2D eigenvalue weighted by Crippen LogP contribution is 2.83. The zero-order valence-corrected chi connectivity index (χ0v) is 22.2. The molecule has 0 bridgehead atoms. The second kappa shape index (κ2) is 6.70. The molecule has 0 aromatic heterocycles. The first kappa shape index (κ1) is 23.1. The van der Waals surface area contributed by atoms with E-state index in [9.17, 15) is 10.2 Å². The highest BCUT2D eigenvalue weighted by molar-refractivity contribution is 5.26. The topological polar surface area (TPSA) is 40.5 Å². The Kier molecular flexibility index (Phi) is 4.68. The summed E-state index contributed by atoms with van der Waals surface area (Å²) in [4.78, 5) is 0. The predicted molar refractivity (Wildman–Crippen MR) is 135 cm³/mol. The first-order chi connectivity index (χ1) is 15.4.